The van der Waals surface area contributed by atoms with E-state index in [9.17, 15) is 4.79 Å². The zero-order valence-corrected chi connectivity index (χ0v) is 9.70. The summed E-state index contributed by atoms with van der Waals surface area (Å²) < 4.78 is 0. The molecule has 0 saturated heterocycles. The summed E-state index contributed by atoms with van der Waals surface area (Å²) in [5, 5.41) is 1.82. The highest BCUT2D eigenvalue weighted by Gasteiger charge is 2.16. The molecule has 1 aromatic heterocycles. The molecule has 0 unspecified atom stereocenters. The second-order valence-corrected chi connectivity index (χ2v) is 4.32. The molecule has 1 heterocycles. The topological polar surface area (TPSA) is 46.3 Å². The molecule has 0 aliphatic rings. The summed E-state index contributed by atoms with van der Waals surface area (Å²) in [5.74, 6) is -0.0706. The molecule has 0 aliphatic heterocycles. The van der Waals surface area contributed by atoms with Crippen molar-refractivity contribution in [2.75, 3.05) is 17.7 Å². The van der Waals surface area contributed by atoms with Gasteiger partial charge in [-0.15, -0.1) is 11.3 Å². The zero-order valence-electron chi connectivity index (χ0n) is 8.88. The van der Waals surface area contributed by atoms with Crippen LogP contribution in [0.1, 0.15) is 9.67 Å². The second-order valence-electron chi connectivity index (χ2n) is 3.40. The molecule has 0 radical (unpaired) electrons. The van der Waals surface area contributed by atoms with E-state index in [1.165, 1.54) is 11.3 Å². The summed E-state index contributed by atoms with van der Waals surface area (Å²) in [5.41, 5.74) is 7.12. The second kappa shape index (κ2) is 4.37. The summed E-state index contributed by atoms with van der Waals surface area (Å²) >= 11 is 1.36. The summed E-state index contributed by atoms with van der Waals surface area (Å²) in [6.45, 7) is 0. The number of nitrogens with zero attached hydrogens (tertiary/aromatic N) is 1. The molecular weight excluding hydrogens is 220 g/mol. The summed E-state index contributed by atoms with van der Waals surface area (Å²) in [7, 11) is 1.75. The number of carbonyl (C=O) groups excluding carboxylic acids is 1. The van der Waals surface area contributed by atoms with Crippen LogP contribution in [0.25, 0.3) is 0 Å². The number of anilines is 2. The largest absolute Gasteiger partial charge is 0.397 e. The first-order valence-corrected chi connectivity index (χ1v) is 5.74. The van der Waals surface area contributed by atoms with Crippen molar-refractivity contribution in [3.05, 3.63) is 46.7 Å². The number of benzene rings is 1. The van der Waals surface area contributed by atoms with E-state index in [1.54, 1.807) is 18.0 Å². The summed E-state index contributed by atoms with van der Waals surface area (Å²) in [4.78, 5) is 14.3. The Hall–Kier alpha value is -1.81. The molecule has 3 nitrogen and oxygen atoms in total. The van der Waals surface area contributed by atoms with Crippen molar-refractivity contribution in [2.45, 2.75) is 0 Å². The number of amides is 1. The van der Waals surface area contributed by atoms with Gasteiger partial charge in [0.05, 0.1) is 5.69 Å². The fourth-order valence-corrected chi connectivity index (χ4v) is 2.21. The number of hydrogen-bond acceptors (Lipinski definition) is 3. The quantitative estimate of drug-likeness (QED) is 0.865. The van der Waals surface area contributed by atoms with Crippen molar-refractivity contribution in [1.82, 2.24) is 0 Å². The monoisotopic (exact) mass is 232 g/mol. The molecule has 0 fully saturated rings. The maximum Gasteiger partial charge on any atom is 0.270 e. The van der Waals surface area contributed by atoms with E-state index in [0.717, 1.165) is 5.69 Å². The van der Waals surface area contributed by atoms with Crippen LogP contribution in [0.2, 0.25) is 0 Å². The van der Waals surface area contributed by atoms with Gasteiger partial charge in [-0.3, -0.25) is 4.79 Å². The van der Waals surface area contributed by atoms with Gasteiger partial charge in [0.1, 0.15) is 4.88 Å². The molecule has 0 bridgehead atoms. The van der Waals surface area contributed by atoms with E-state index in [2.05, 4.69) is 0 Å². The average molecular weight is 232 g/mol. The van der Waals surface area contributed by atoms with Crippen LogP contribution >= 0.6 is 11.3 Å². The number of para-hydroxylation sites is 1. The molecule has 1 aromatic carbocycles. The van der Waals surface area contributed by atoms with Gasteiger partial charge in [-0.2, -0.15) is 0 Å². The van der Waals surface area contributed by atoms with Crippen LogP contribution in [0.15, 0.2) is 41.8 Å². The van der Waals surface area contributed by atoms with Crippen LogP contribution in [0.5, 0.6) is 0 Å². The number of thiophene rings is 1. The lowest BCUT2D eigenvalue weighted by Crippen LogP contribution is -2.25. The van der Waals surface area contributed by atoms with Crippen LogP contribution in [0, 0.1) is 0 Å². The Morgan fingerprint density at radius 1 is 1.25 bits per heavy atom. The third-order valence-electron chi connectivity index (χ3n) is 2.34. The van der Waals surface area contributed by atoms with E-state index in [4.69, 9.17) is 5.73 Å². The van der Waals surface area contributed by atoms with Crippen molar-refractivity contribution < 1.29 is 4.79 Å². The first kappa shape index (κ1) is 10.7. The highest BCUT2D eigenvalue weighted by atomic mass is 32.1. The lowest BCUT2D eigenvalue weighted by molar-refractivity contribution is 0.0997. The maximum absolute atomic E-state index is 12.1. The Morgan fingerprint density at radius 3 is 2.50 bits per heavy atom. The van der Waals surface area contributed by atoms with Gasteiger partial charge in [0, 0.05) is 12.7 Å². The van der Waals surface area contributed by atoms with Crippen LogP contribution in [-0.4, -0.2) is 13.0 Å². The molecule has 2 N–H and O–H groups in total. The minimum Gasteiger partial charge on any atom is -0.397 e. The van der Waals surface area contributed by atoms with Crippen molar-refractivity contribution in [2.24, 2.45) is 0 Å². The smallest absolute Gasteiger partial charge is 0.270 e. The highest BCUT2D eigenvalue weighted by molar-refractivity contribution is 7.12. The fourth-order valence-electron chi connectivity index (χ4n) is 1.41. The van der Waals surface area contributed by atoms with Gasteiger partial charge in [-0.1, -0.05) is 18.2 Å². The third-order valence-corrected chi connectivity index (χ3v) is 3.26. The molecule has 2 rings (SSSR count). The Kier molecular flexibility index (Phi) is 2.92. The predicted octanol–water partition coefficient (Wildman–Crippen LogP) is 2.61. The Bertz CT molecular complexity index is 493. The first-order chi connectivity index (χ1) is 7.70. The highest BCUT2D eigenvalue weighted by Crippen LogP contribution is 2.23. The number of nitrogen functional groups attached to an aromatic ring is 1. The lowest BCUT2D eigenvalue weighted by Gasteiger charge is -2.16. The fraction of sp³-hybridized carbons (Fsp3) is 0.0833. The standard InChI is InChI=1S/C12H12N2OS/c1-14(9-5-3-2-4-6-9)12(15)11-10(13)7-8-16-11/h2-8H,13H2,1H3. The van der Waals surface area contributed by atoms with Gasteiger partial charge in [0.2, 0.25) is 0 Å². The van der Waals surface area contributed by atoms with Crippen molar-refractivity contribution >= 4 is 28.6 Å². The zero-order chi connectivity index (χ0) is 11.5. The van der Waals surface area contributed by atoms with Crippen LogP contribution in [-0.2, 0) is 0 Å². The molecule has 0 saturated carbocycles. The van der Waals surface area contributed by atoms with E-state index in [-0.39, 0.29) is 5.91 Å². The Labute approximate surface area is 98.1 Å². The number of rotatable bonds is 2. The molecule has 82 valence electrons. The lowest BCUT2D eigenvalue weighted by atomic mass is 10.3. The van der Waals surface area contributed by atoms with E-state index < -0.39 is 0 Å². The maximum atomic E-state index is 12.1. The third kappa shape index (κ3) is 1.92. The average Bonchev–Trinajstić information content (AvgIpc) is 2.75. The van der Waals surface area contributed by atoms with Gasteiger partial charge in [0.25, 0.3) is 5.91 Å². The Balaban J connectivity index is 2.27. The van der Waals surface area contributed by atoms with Crippen molar-refractivity contribution in [3.8, 4) is 0 Å². The van der Waals surface area contributed by atoms with Crippen molar-refractivity contribution in [3.63, 3.8) is 0 Å². The Morgan fingerprint density at radius 2 is 1.94 bits per heavy atom. The van der Waals surface area contributed by atoms with Crippen molar-refractivity contribution in [1.29, 1.82) is 0 Å². The first-order valence-electron chi connectivity index (χ1n) is 4.86. The van der Waals surface area contributed by atoms with Crippen LogP contribution < -0.4 is 10.6 Å². The number of carbonyl (C=O) groups is 1. The molecule has 16 heavy (non-hydrogen) atoms. The van der Waals surface area contributed by atoms with Gasteiger partial charge < -0.3 is 10.6 Å². The van der Waals surface area contributed by atoms with Gasteiger partial charge in [0.15, 0.2) is 0 Å². The molecule has 0 spiro atoms. The van der Waals surface area contributed by atoms with E-state index in [1.807, 2.05) is 35.7 Å². The number of hydrogen-bond donors (Lipinski definition) is 1. The minimum atomic E-state index is -0.0706. The summed E-state index contributed by atoms with van der Waals surface area (Å²) in [6.07, 6.45) is 0. The summed E-state index contributed by atoms with van der Waals surface area (Å²) in [6, 6.07) is 11.2. The normalized spacial score (nSPS) is 10.1. The van der Waals surface area contributed by atoms with Crippen LogP contribution in [0.4, 0.5) is 11.4 Å². The molecular formula is C12H12N2OS. The molecule has 0 aliphatic carbocycles. The predicted molar refractivity (Wildman–Crippen MR) is 67.9 cm³/mol. The SMILES string of the molecule is CN(C(=O)c1sccc1N)c1ccccc1. The van der Waals surface area contributed by atoms with E-state index >= 15 is 0 Å². The van der Waals surface area contributed by atoms with Gasteiger partial charge in [-0.05, 0) is 23.6 Å². The van der Waals surface area contributed by atoms with Gasteiger partial charge in [-0.25, -0.2) is 0 Å². The molecule has 4 heteroatoms. The molecule has 1 amide bonds. The van der Waals surface area contributed by atoms with Crippen LogP contribution in [0.3, 0.4) is 0 Å². The number of nitrogens with two attached hydrogens (primary N) is 1. The van der Waals surface area contributed by atoms with Gasteiger partial charge >= 0.3 is 0 Å². The molecule has 0 atom stereocenters. The van der Waals surface area contributed by atoms with E-state index in [0.29, 0.717) is 10.6 Å². The minimum absolute atomic E-state index is 0.0706. The molecule has 2 aromatic rings.